The van der Waals surface area contributed by atoms with E-state index in [1.165, 1.54) is 70.6 Å². The van der Waals surface area contributed by atoms with Gasteiger partial charge >= 0.3 is 0 Å². The van der Waals surface area contributed by atoms with Crippen LogP contribution in [0.4, 0.5) is 0 Å². The molecule has 24 heavy (non-hydrogen) atoms. The summed E-state index contributed by atoms with van der Waals surface area (Å²) in [4.78, 5) is 11.6. The summed E-state index contributed by atoms with van der Waals surface area (Å²) in [6.07, 6.45) is 22.1. The van der Waals surface area contributed by atoms with Crippen molar-refractivity contribution in [3.8, 4) is 0 Å². The Labute approximate surface area is 152 Å². The van der Waals surface area contributed by atoms with Crippen molar-refractivity contribution >= 4 is 14.3 Å². The summed E-state index contributed by atoms with van der Waals surface area (Å²) in [5.41, 5.74) is 0. The van der Waals surface area contributed by atoms with E-state index in [4.69, 9.17) is 4.43 Å². The van der Waals surface area contributed by atoms with E-state index in [-0.39, 0.29) is 5.97 Å². The minimum atomic E-state index is -1.69. The summed E-state index contributed by atoms with van der Waals surface area (Å²) in [7, 11) is -1.69. The highest BCUT2D eigenvalue weighted by molar-refractivity contribution is 6.71. The lowest BCUT2D eigenvalue weighted by Crippen LogP contribution is -2.28. The molecule has 0 aliphatic heterocycles. The zero-order valence-corrected chi connectivity index (χ0v) is 17.9. The van der Waals surface area contributed by atoms with Gasteiger partial charge in [0.05, 0.1) is 0 Å². The largest absolute Gasteiger partial charge is 0.520 e. The minimum Gasteiger partial charge on any atom is -0.520 e. The van der Waals surface area contributed by atoms with Crippen molar-refractivity contribution in [1.82, 2.24) is 0 Å². The molecule has 0 rings (SSSR count). The Morgan fingerprint density at radius 2 is 1.21 bits per heavy atom. The van der Waals surface area contributed by atoms with Gasteiger partial charge in [0, 0.05) is 6.42 Å². The average Bonchev–Trinajstić information content (AvgIpc) is 2.49. The molecule has 0 unspecified atom stereocenters. The smallest absolute Gasteiger partial charge is 0.292 e. The van der Waals surface area contributed by atoms with Gasteiger partial charge in [-0.25, -0.2) is 0 Å². The molecular formula is C21H42O2Si. The maximum atomic E-state index is 11.6. The van der Waals surface area contributed by atoms with Gasteiger partial charge < -0.3 is 4.43 Å². The summed E-state index contributed by atoms with van der Waals surface area (Å²) in [5.74, 6) is 0.00348. The Hall–Kier alpha value is -0.573. The monoisotopic (exact) mass is 354 g/mol. The molecule has 0 aromatic heterocycles. The lowest BCUT2D eigenvalue weighted by molar-refractivity contribution is -0.135. The van der Waals surface area contributed by atoms with Crippen LogP contribution in [0.2, 0.25) is 19.6 Å². The molecule has 0 atom stereocenters. The first-order valence-corrected chi connectivity index (χ1v) is 13.7. The summed E-state index contributed by atoms with van der Waals surface area (Å²) >= 11 is 0. The Morgan fingerprint density at radius 3 is 1.71 bits per heavy atom. The van der Waals surface area contributed by atoms with Crippen molar-refractivity contribution in [2.75, 3.05) is 0 Å². The standard InChI is InChI=1S/C21H42O2Si/c1-5-6-7-8-9-10-11-12-13-14-15-16-17-18-19-20-21(22)23-24(2,3)4/h13-14H,5-12,15-20H2,1-4H3/b14-13+. The number of carbonyl (C=O) groups excluding carboxylic acids is 1. The molecule has 0 radical (unpaired) electrons. The third kappa shape index (κ3) is 19.5. The van der Waals surface area contributed by atoms with Gasteiger partial charge in [0.2, 0.25) is 8.32 Å². The molecule has 0 saturated heterocycles. The highest BCUT2D eigenvalue weighted by Gasteiger charge is 2.19. The van der Waals surface area contributed by atoms with Crippen LogP contribution in [-0.2, 0) is 9.22 Å². The maximum Gasteiger partial charge on any atom is 0.292 e. The SMILES string of the molecule is CCCCCCCCC/C=C/CCCCCCC(=O)O[Si](C)(C)C. The van der Waals surface area contributed by atoms with Crippen LogP contribution in [0.5, 0.6) is 0 Å². The summed E-state index contributed by atoms with van der Waals surface area (Å²) in [6.45, 7) is 8.45. The van der Waals surface area contributed by atoms with Crippen LogP contribution in [0.3, 0.4) is 0 Å². The second kappa shape index (κ2) is 15.9. The number of hydrogen-bond acceptors (Lipinski definition) is 2. The number of carbonyl (C=O) groups is 1. The Morgan fingerprint density at radius 1 is 0.750 bits per heavy atom. The first-order chi connectivity index (χ1) is 11.5. The second-order valence-electron chi connectivity index (χ2n) is 7.92. The van der Waals surface area contributed by atoms with Gasteiger partial charge in [-0.05, 0) is 51.7 Å². The molecule has 0 aromatic rings. The summed E-state index contributed by atoms with van der Waals surface area (Å²) < 4.78 is 5.45. The van der Waals surface area contributed by atoms with Crippen molar-refractivity contribution < 1.29 is 9.22 Å². The average molecular weight is 355 g/mol. The van der Waals surface area contributed by atoms with Crippen LogP contribution in [0.15, 0.2) is 12.2 Å². The van der Waals surface area contributed by atoms with E-state index < -0.39 is 8.32 Å². The Bertz CT molecular complexity index is 318. The molecule has 0 aliphatic rings. The predicted octanol–water partition coefficient (Wildman–Crippen LogP) is 7.40. The van der Waals surface area contributed by atoms with Gasteiger partial charge in [-0.3, -0.25) is 4.79 Å². The number of hydrogen-bond donors (Lipinski definition) is 0. The third-order valence-corrected chi connectivity index (χ3v) is 4.90. The number of rotatable bonds is 16. The Kier molecular flexibility index (Phi) is 15.5. The summed E-state index contributed by atoms with van der Waals surface area (Å²) in [5, 5.41) is 0. The van der Waals surface area contributed by atoms with E-state index in [1.54, 1.807) is 0 Å². The fourth-order valence-corrected chi connectivity index (χ4v) is 3.52. The molecule has 0 spiro atoms. The molecule has 0 aromatic carbocycles. The van der Waals surface area contributed by atoms with E-state index in [2.05, 4.69) is 38.7 Å². The zero-order chi connectivity index (χ0) is 18.1. The van der Waals surface area contributed by atoms with Crippen molar-refractivity contribution in [2.45, 2.75) is 116 Å². The molecule has 2 nitrogen and oxygen atoms in total. The quantitative estimate of drug-likeness (QED) is 0.164. The van der Waals surface area contributed by atoms with E-state index in [0.29, 0.717) is 6.42 Å². The van der Waals surface area contributed by atoms with E-state index in [0.717, 1.165) is 12.8 Å². The molecular weight excluding hydrogens is 312 g/mol. The van der Waals surface area contributed by atoms with Gasteiger partial charge in [0.15, 0.2) is 0 Å². The van der Waals surface area contributed by atoms with Crippen LogP contribution < -0.4 is 0 Å². The van der Waals surface area contributed by atoms with Crippen LogP contribution in [-0.4, -0.2) is 14.3 Å². The molecule has 3 heteroatoms. The highest BCUT2D eigenvalue weighted by Crippen LogP contribution is 2.11. The van der Waals surface area contributed by atoms with E-state index >= 15 is 0 Å². The molecule has 0 fully saturated rings. The minimum absolute atomic E-state index is 0.00348. The van der Waals surface area contributed by atoms with Gasteiger partial charge in [0.1, 0.15) is 0 Å². The van der Waals surface area contributed by atoms with Crippen LogP contribution in [0.25, 0.3) is 0 Å². The summed E-state index contributed by atoms with van der Waals surface area (Å²) in [6, 6.07) is 0. The predicted molar refractivity (Wildman–Crippen MR) is 109 cm³/mol. The normalized spacial score (nSPS) is 12.0. The lowest BCUT2D eigenvalue weighted by Gasteiger charge is -2.17. The first kappa shape index (κ1) is 23.4. The fourth-order valence-electron chi connectivity index (χ4n) is 2.73. The van der Waals surface area contributed by atoms with Crippen LogP contribution >= 0.6 is 0 Å². The number of unbranched alkanes of at least 4 members (excludes halogenated alkanes) is 11. The van der Waals surface area contributed by atoms with Gasteiger partial charge in [-0.15, -0.1) is 0 Å². The molecule has 0 saturated carbocycles. The van der Waals surface area contributed by atoms with E-state index in [9.17, 15) is 4.79 Å². The Balaban J connectivity index is 3.25. The first-order valence-electron chi connectivity index (χ1n) is 10.3. The fraction of sp³-hybridized carbons (Fsp3) is 0.857. The zero-order valence-electron chi connectivity index (χ0n) is 16.9. The molecule has 0 bridgehead atoms. The molecule has 0 heterocycles. The van der Waals surface area contributed by atoms with Crippen molar-refractivity contribution in [3.05, 3.63) is 12.2 Å². The highest BCUT2D eigenvalue weighted by atomic mass is 28.4. The number of allylic oxidation sites excluding steroid dienone is 2. The molecule has 142 valence electrons. The lowest BCUT2D eigenvalue weighted by atomic mass is 10.1. The molecule has 0 amide bonds. The van der Waals surface area contributed by atoms with Gasteiger partial charge in [0.25, 0.3) is 5.97 Å². The maximum absolute atomic E-state index is 11.6. The van der Waals surface area contributed by atoms with Gasteiger partial charge in [-0.1, -0.05) is 70.4 Å². The van der Waals surface area contributed by atoms with Crippen molar-refractivity contribution in [3.63, 3.8) is 0 Å². The molecule has 0 N–H and O–H groups in total. The second-order valence-corrected chi connectivity index (χ2v) is 12.3. The van der Waals surface area contributed by atoms with E-state index in [1.807, 2.05) is 0 Å². The van der Waals surface area contributed by atoms with Crippen LogP contribution in [0.1, 0.15) is 96.8 Å². The van der Waals surface area contributed by atoms with Crippen molar-refractivity contribution in [2.24, 2.45) is 0 Å². The van der Waals surface area contributed by atoms with Crippen LogP contribution in [0, 0.1) is 0 Å². The van der Waals surface area contributed by atoms with Crippen molar-refractivity contribution in [1.29, 1.82) is 0 Å². The topological polar surface area (TPSA) is 26.3 Å². The molecule has 0 aliphatic carbocycles. The van der Waals surface area contributed by atoms with Gasteiger partial charge in [-0.2, -0.15) is 0 Å². The third-order valence-electron chi connectivity index (χ3n) is 4.06.